The first-order chi connectivity index (χ1) is 11.1. The molecule has 2 amide bonds. The van der Waals surface area contributed by atoms with Crippen LogP contribution in [0.1, 0.15) is 37.4 Å². The molecular formula is C15H21N3O5S. The van der Waals surface area contributed by atoms with Crippen LogP contribution < -0.4 is 5.32 Å². The summed E-state index contributed by atoms with van der Waals surface area (Å²) >= 11 is 0.858. The maximum atomic E-state index is 12.5. The Morgan fingerprint density at radius 2 is 2.04 bits per heavy atom. The molecule has 24 heavy (non-hydrogen) atoms. The average Bonchev–Trinajstić information content (AvgIpc) is 3.04. The maximum Gasteiger partial charge on any atom is 0.407 e. The number of thiophene rings is 1. The molecule has 1 fully saturated rings. The molecule has 0 unspecified atom stereocenters. The summed E-state index contributed by atoms with van der Waals surface area (Å²) in [5.41, 5.74) is -0.586. The summed E-state index contributed by atoms with van der Waals surface area (Å²) in [7, 11) is 0. The second-order valence-electron chi connectivity index (χ2n) is 6.84. The van der Waals surface area contributed by atoms with Crippen LogP contribution >= 0.6 is 11.3 Å². The van der Waals surface area contributed by atoms with E-state index in [0.717, 1.165) is 11.3 Å². The van der Waals surface area contributed by atoms with Crippen LogP contribution in [0.4, 0.5) is 9.80 Å². The first-order valence-corrected chi connectivity index (χ1v) is 8.41. The van der Waals surface area contributed by atoms with Gasteiger partial charge >= 0.3 is 11.1 Å². The van der Waals surface area contributed by atoms with Gasteiger partial charge in [0.25, 0.3) is 5.91 Å². The van der Waals surface area contributed by atoms with Gasteiger partial charge in [0.15, 0.2) is 0 Å². The predicted molar refractivity (Wildman–Crippen MR) is 89.2 cm³/mol. The highest BCUT2D eigenvalue weighted by Crippen LogP contribution is 2.27. The van der Waals surface area contributed by atoms with Crippen LogP contribution in [0.25, 0.3) is 0 Å². The van der Waals surface area contributed by atoms with Crippen LogP contribution in [0.2, 0.25) is 0 Å². The molecule has 2 heterocycles. The third kappa shape index (κ3) is 4.44. The first kappa shape index (κ1) is 18.2. The molecule has 2 atom stereocenters. The lowest BCUT2D eigenvalue weighted by Crippen LogP contribution is -2.43. The van der Waals surface area contributed by atoms with Gasteiger partial charge < -0.3 is 15.0 Å². The number of rotatable bonds is 3. The number of amides is 2. The van der Waals surface area contributed by atoms with Gasteiger partial charge in [-0.15, -0.1) is 0 Å². The molecule has 8 nitrogen and oxygen atoms in total. The van der Waals surface area contributed by atoms with E-state index >= 15 is 0 Å². The molecule has 0 aromatic carbocycles. The van der Waals surface area contributed by atoms with Gasteiger partial charge in [0, 0.05) is 19.2 Å². The van der Waals surface area contributed by atoms with Crippen molar-refractivity contribution >= 4 is 28.3 Å². The highest BCUT2D eigenvalue weighted by Gasteiger charge is 2.35. The maximum absolute atomic E-state index is 12.5. The molecule has 1 saturated heterocycles. The van der Waals surface area contributed by atoms with E-state index in [1.54, 1.807) is 25.7 Å². The number of ether oxygens (including phenoxy) is 1. The summed E-state index contributed by atoms with van der Waals surface area (Å²) in [6.45, 7) is 8.11. The minimum Gasteiger partial charge on any atom is -0.444 e. The van der Waals surface area contributed by atoms with Crippen molar-refractivity contribution in [2.45, 2.75) is 39.3 Å². The number of carbonyl (C=O) groups is 2. The molecule has 0 saturated carbocycles. The highest BCUT2D eigenvalue weighted by molar-refractivity contribution is 7.17. The van der Waals surface area contributed by atoms with Crippen molar-refractivity contribution in [3.05, 3.63) is 27.1 Å². The molecule has 0 bridgehead atoms. The van der Waals surface area contributed by atoms with E-state index in [1.165, 1.54) is 12.1 Å². The van der Waals surface area contributed by atoms with Gasteiger partial charge in [0.2, 0.25) is 0 Å². The molecule has 1 aliphatic heterocycles. The normalized spacial score (nSPS) is 20.8. The van der Waals surface area contributed by atoms with Crippen LogP contribution in [0.15, 0.2) is 12.1 Å². The van der Waals surface area contributed by atoms with Crippen LogP contribution in [-0.4, -0.2) is 46.6 Å². The Kier molecular flexibility index (Phi) is 5.12. The third-order valence-electron chi connectivity index (χ3n) is 3.58. The molecule has 0 aliphatic carbocycles. The van der Waals surface area contributed by atoms with E-state index in [4.69, 9.17) is 4.74 Å². The van der Waals surface area contributed by atoms with E-state index in [0.29, 0.717) is 18.0 Å². The van der Waals surface area contributed by atoms with Crippen molar-refractivity contribution in [1.82, 2.24) is 10.2 Å². The molecule has 9 heteroatoms. The second-order valence-corrected chi connectivity index (χ2v) is 7.90. The fourth-order valence-electron chi connectivity index (χ4n) is 2.48. The second kappa shape index (κ2) is 6.76. The number of alkyl carbamates (subject to hydrolysis) is 1. The summed E-state index contributed by atoms with van der Waals surface area (Å²) in [5.74, 6) is -0.190. The Morgan fingerprint density at radius 3 is 2.58 bits per heavy atom. The van der Waals surface area contributed by atoms with Crippen molar-refractivity contribution in [3.8, 4) is 0 Å². The third-order valence-corrected chi connectivity index (χ3v) is 4.61. The lowest BCUT2D eigenvalue weighted by atomic mass is 10.1. The SMILES string of the molecule is C[C@@H]1CN(C(=O)c2ccc([N+](=O)[O-])s2)C[C@@H]1NC(=O)OC(C)(C)C. The number of nitrogens with one attached hydrogen (secondary N) is 1. The van der Waals surface area contributed by atoms with Gasteiger partial charge in [-0.2, -0.15) is 0 Å². The molecule has 132 valence electrons. The van der Waals surface area contributed by atoms with Crippen LogP contribution in [0.3, 0.4) is 0 Å². The van der Waals surface area contributed by atoms with Gasteiger partial charge in [-0.05, 0) is 32.8 Å². The largest absolute Gasteiger partial charge is 0.444 e. The summed E-state index contributed by atoms with van der Waals surface area (Å²) in [6.07, 6.45) is -0.514. The standard InChI is InChI=1S/C15H21N3O5S/c1-9-7-17(8-10(9)16-14(20)23-15(2,3)4)13(19)11-5-6-12(24-11)18(21)22/h5-6,9-10H,7-8H2,1-4H3,(H,16,20)/t9-,10+/m1/s1. The zero-order valence-corrected chi connectivity index (χ0v) is 14.9. The number of nitro groups is 1. The van der Waals surface area contributed by atoms with E-state index < -0.39 is 16.6 Å². The minimum atomic E-state index is -0.586. The molecule has 0 spiro atoms. The van der Waals surface area contributed by atoms with Crippen molar-refractivity contribution in [3.63, 3.8) is 0 Å². The number of likely N-dealkylation sites (tertiary alicyclic amines) is 1. The van der Waals surface area contributed by atoms with E-state index in [9.17, 15) is 19.7 Å². The van der Waals surface area contributed by atoms with Crippen LogP contribution in [-0.2, 0) is 4.74 Å². The Hall–Kier alpha value is -2.16. The number of hydrogen-bond acceptors (Lipinski definition) is 6. The molecular weight excluding hydrogens is 334 g/mol. The summed E-state index contributed by atoms with van der Waals surface area (Å²) < 4.78 is 5.23. The number of nitrogens with zero attached hydrogens (tertiary/aromatic N) is 2. The minimum absolute atomic E-state index is 0.0611. The molecule has 1 aromatic rings. The first-order valence-electron chi connectivity index (χ1n) is 7.60. The lowest BCUT2D eigenvalue weighted by molar-refractivity contribution is -0.380. The Morgan fingerprint density at radius 1 is 1.38 bits per heavy atom. The van der Waals surface area contributed by atoms with Crippen LogP contribution in [0.5, 0.6) is 0 Å². The van der Waals surface area contributed by atoms with Crippen molar-refractivity contribution in [2.24, 2.45) is 5.92 Å². The molecule has 1 aliphatic rings. The molecule has 1 N–H and O–H groups in total. The smallest absolute Gasteiger partial charge is 0.407 e. The monoisotopic (exact) mass is 355 g/mol. The quantitative estimate of drug-likeness (QED) is 0.663. The molecule has 0 radical (unpaired) electrons. The number of hydrogen-bond donors (Lipinski definition) is 1. The molecule has 2 rings (SSSR count). The van der Waals surface area contributed by atoms with E-state index in [2.05, 4.69) is 5.32 Å². The van der Waals surface area contributed by atoms with Gasteiger partial charge in [-0.3, -0.25) is 14.9 Å². The van der Waals surface area contributed by atoms with E-state index in [-0.39, 0.29) is 22.9 Å². The van der Waals surface area contributed by atoms with Crippen molar-refractivity contribution in [2.75, 3.05) is 13.1 Å². The zero-order chi connectivity index (χ0) is 18.1. The molecule has 1 aromatic heterocycles. The van der Waals surface area contributed by atoms with Gasteiger partial charge in [-0.1, -0.05) is 18.3 Å². The Labute approximate surface area is 143 Å². The van der Waals surface area contributed by atoms with Gasteiger partial charge in [-0.25, -0.2) is 4.79 Å². The summed E-state index contributed by atoms with van der Waals surface area (Å²) in [4.78, 5) is 36.5. The fourth-order valence-corrected chi connectivity index (χ4v) is 3.26. The van der Waals surface area contributed by atoms with E-state index in [1.807, 2.05) is 6.92 Å². The Bertz CT molecular complexity index is 652. The summed E-state index contributed by atoms with van der Waals surface area (Å²) in [6, 6.07) is 2.58. The fraction of sp³-hybridized carbons (Fsp3) is 0.600. The average molecular weight is 355 g/mol. The van der Waals surface area contributed by atoms with Gasteiger partial charge in [0.1, 0.15) is 5.60 Å². The summed E-state index contributed by atoms with van der Waals surface area (Å²) in [5, 5.41) is 13.5. The number of carbonyl (C=O) groups excluding carboxylic acids is 2. The zero-order valence-electron chi connectivity index (χ0n) is 14.1. The predicted octanol–water partition coefficient (Wildman–Crippen LogP) is 2.64. The highest BCUT2D eigenvalue weighted by atomic mass is 32.1. The van der Waals surface area contributed by atoms with Gasteiger partial charge in [0.05, 0.1) is 15.8 Å². The topological polar surface area (TPSA) is 102 Å². The van der Waals surface area contributed by atoms with Crippen molar-refractivity contribution in [1.29, 1.82) is 0 Å². The Balaban J connectivity index is 1.98. The van der Waals surface area contributed by atoms with Crippen molar-refractivity contribution < 1.29 is 19.2 Å². The van der Waals surface area contributed by atoms with Crippen LogP contribution in [0, 0.1) is 16.0 Å². The lowest BCUT2D eigenvalue weighted by Gasteiger charge is -2.23.